The van der Waals surface area contributed by atoms with Gasteiger partial charge in [0.15, 0.2) is 0 Å². The van der Waals surface area contributed by atoms with Crippen LogP contribution in [0.4, 0.5) is 17.1 Å². The van der Waals surface area contributed by atoms with Crippen molar-refractivity contribution in [1.29, 1.82) is 0 Å². The third kappa shape index (κ3) is 7.69. The molecule has 0 aliphatic heterocycles. The number of benzene rings is 11. The molecule has 0 radical (unpaired) electrons. The molecule has 0 N–H and O–H groups in total. The smallest absolute Gasteiger partial charge is 0.135 e. The van der Waals surface area contributed by atoms with Crippen LogP contribution >= 0.6 is 0 Å². The highest BCUT2D eigenvalue weighted by Gasteiger charge is 2.42. The maximum atomic E-state index is 6.41. The summed E-state index contributed by atoms with van der Waals surface area (Å²) >= 11 is 0. The van der Waals surface area contributed by atoms with Crippen LogP contribution in [-0.4, -0.2) is 0 Å². The Morgan fingerprint density at radius 1 is 0.355 bits per heavy atom. The van der Waals surface area contributed by atoms with Gasteiger partial charge in [0, 0.05) is 32.9 Å². The summed E-state index contributed by atoms with van der Waals surface area (Å²) in [6.07, 6.45) is 0. The summed E-state index contributed by atoms with van der Waals surface area (Å²) in [7, 11) is 0. The summed E-state index contributed by atoms with van der Waals surface area (Å²) in [5, 5.41) is 4.65. The topological polar surface area (TPSA) is 16.4 Å². The molecule has 1 unspecified atom stereocenters. The second-order valence-corrected chi connectivity index (χ2v) is 23.0. The van der Waals surface area contributed by atoms with Crippen LogP contribution in [0.15, 0.2) is 247 Å². The van der Waals surface area contributed by atoms with Crippen molar-refractivity contribution in [3.63, 3.8) is 0 Å². The van der Waals surface area contributed by atoms with E-state index < -0.39 is 0 Å². The van der Waals surface area contributed by atoms with Crippen molar-refractivity contribution in [2.24, 2.45) is 0 Å². The summed E-state index contributed by atoms with van der Waals surface area (Å²) in [5.41, 5.74) is 23.1. The molecule has 0 fully saturated rings. The molecule has 0 spiro atoms. The molecule has 11 aromatic carbocycles. The lowest BCUT2D eigenvalue weighted by molar-refractivity contribution is 0.569. The molecule has 76 heavy (non-hydrogen) atoms. The zero-order valence-corrected chi connectivity index (χ0v) is 44.4. The fraction of sp³-hybridized carbons (Fsp3) is 0.135. The highest BCUT2D eigenvalue weighted by atomic mass is 16.3. The van der Waals surface area contributed by atoms with Gasteiger partial charge in [-0.05, 0) is 132 Å². The van der Waals surface area contributed by atoms with Crippen LogP contribution in [0.25, 0.3) is 88.3 Å². The maximum Gasteiger partial charge on any atom is 0.135 e. The number of anilines is 3. The molecule has 2 heteroatoms. The average Bonchev–Trinajstić information content (AvgIpc) is 4.11. The quantitative estimate of drug-likeness (QED) is 0.151. The van der Waals surface area contributed by atoms with E-state index in [1.54, 1.807) is 0 Å². The lowest BCUT2D eigenvalue weighted by atomic mass is 9.74. The van der Waals surface area contributed by atoms with Gasteiger partial charge in [-0.3, -0.25) is 0 Å². The molecule has 0 saturated heterocycles. The van der Waals surface area contributed by atoms with Crippen LogP contribution in [0, 0.1) is 0 Å². The van der Waals surface area contributed by atoms with Crippen molar-refractivity contribution in [3.05, 3.63) is 270 Å². The Morgan fingerprint density at radius 2 is 0.855 bits per heavy atom. The Morgan fingerprint density at radius 3 is 1.54 bits per heavy atom. The first-order valence-electron chi connectivity index (χ1n) is 26.8. The van der Waals surface area contributed by atoms with Crippen LogP contribution in [0.1, 0.15) is 76.3 Å². The Hall–Kier alpha value is -8.72. The van der Waals surface area contributed by atoms with Crippen molar-refractivity contribution in [1.82, 2.24) is 0 Å². The van der Waals surface area contributed by atoms with Gasteiger partial charge >= 0.3 is 0 Å². The predicted molar refractivity (Wildman–Crippen MR) is 322 cm³/mol. The highest BCUT2D eigenvalue weighted by molar-refractivity contribution is 6.11. The minimum Gasteiger partial charge on any atom is -0.456 e. The summed E-state index contributed by atoms with van der Waals surface area (Å²) in [6, 6.07) is 90.1. The predicted octanol–water partition coefficient (Wildman–Crippen LogP) is 20.8. The Balaban J connectivity index is 1.09. The van der Waals surface area contributed by atoms with E-state index in [0.717, 1.165) is 61.3 Å². The molecule has 0 amide bonds. The number of nitrogens with zero attached hydrogens (tertiary/aromatic N) is 1. The minimum atomic E-state index is -0.348. The Labute approximate surface area is 447 Å². The van der Waals surface area contributed by atoms with Gasteiger partial charge in [0.2, 0.25) is 0 Å². The molecule has 1 heterocycles. The molecular weight excluding hydrogens is 919 g/mol. The van der Waals surface area contributed by atoms with Gasteiger partial charge in [-0.2, -0.15) is 0 Å². The first-order valence-corrected chi connectivity index (χ1v) is 26.8. The largest absolute Gasteiger partial charge is 0.456 e. The minimum absolute atomic E-state index is 0.0341. The van der Waals surface area contributed by atoms with Crippen molar-refractivity contribution in [2.45, 2.75) is 64.7 Å². The first-order chi connectivity index (χ1) is 36.9. The van der Waals surface area contributed by atoms with E-state index in [0.29, 0.717) is 0 Å². The normalized spacial score (nSPS) is 14.3. The molecule has 1 atom stereocenters. The Bertz CT molecular complexity index is 4180. The van der Waals surface area contributed by atoms with E-state index in [2.05, 4.69) is 290 Å². The van der Waals surface area contributed by atoms with E-state index in [-0.39, 0.29) is 16.2 Å². The molecule has 1 aliphatic carbocycles. The maximum absolute atomic E-state index is 6.41. The number of para-hydroxylation sites is 4. The fourth-order valence-corrected chi connectivity index (χ4v) is 12.3. The third-order valence-corrected chi connectivity index (χ3v) is 16.3. The second kappa shape index (κ2) is 18.0. The number of hydrogen-bond donors (Lipinski definition) is 0. The van der Waals surface area contributed by atoms with Gasteiger partial charge in [-0.25, -0.2) is 0 Å². The molecule has 0 saturated carbocycles. The molecule has 368 valence electrons. The SMILES string of the molecule is CC(C)(C)c1cc(-c2cccc3cccc(-c4ccccc4N(c4ccccc4-c4ccc5oc6ccccc6c5c4)c4ccccc4-c4cccc5c4-c4ccccc4C5(C)c4ccccc4)c23)cc(C(C)(C)C)c1. The van der Waals surface area contributed by atoms with Crippen LogP contribution in [0.2, 0.25) is 0 Å². The van der Waals surface area contributed by atoms with Gasteiger partial charge in [-0.1, -0.05) is 248 Å². The number of furan rings is 1. The summed E-state index contributed by atoms with van der Waals surface area (Å²) in [5.74, 6) is 0. The number of rotatable bonds is 8. The zero-order chi connectivity index (χ0) is 51.9. The van der Waals surface area contributed by atoms with Crippen LogP contribution in [0.3, 0.4) is 0 Å². The molecule has 2 nitrogen and oxygen atoms in total. The van der Waals surface area contributed by atoms with Crippen molar-refractivity contribution in [2.75, 3.05) is 4.90 Å². The molecule has 13 rings (SSSR count). The zero-order valence-electron chi connectivity index (χ0n) is 44.4. The molecule has 1 aromatic heterocycles. The number of hydrogen-bond acceptors (Lipinski definition) is 2. The van der Waals surface area contributed by atoms with Crippen LogP contribution < -0.4 is 4.90 Å². The van der Waals surface area contributed by atoms with Crippen molar-refractivity contribution >= 4 is 49.8 Å². The van der Waals surface area contributed by atoms with Gasteiger partial charge in [0.05, 0.1) is 17.1 Å². The molecule has 0 bridgehead atoms. The van der Waals surface area contributed by atoms with E-state index in [1.165, 1.54) is 72.0 Å². The summed E-state index contributed by atoms with van der Waals surface area (Å²) in [4.78, 5) is 2.55. The lowest BCUT2D eigenvalue weighted by Gasteiger charge is -2.32. The van der Waals surface area contributed by atoms with Gasteiger partial charge in [0.1, 0.15) is 11.2 Å². The average molecular weight is 980 g/mol. The second-order valence-electron chi connectivity index (χ2n) is 23.0. The third-order valence-electron chi connectivity index (χ3n) is 16.3. The fourth-order valence-electron chi connectivity index (χ4n) is 12.3. The molecule has 12 aromatic rings. The summed E-state index contributed by atoms with van der Waals surface area (Å²) < 4.78 is 6.41. The molecular formula is C74H61NO. The molecule has 1 aliphatic rings. The van der Waals surface area contributed by atoms with Gasteiger partial charge < -0.3 is 9.32 Å². The van der Waals surface area contributed by atoms with E-state index in [1.807, 2.05) is 6.07 Å². The van der Waals surface area contributed by atoms with Gasteiger partial charge in [0.25, 0.3) is 0 Å². The van der Waals surface area contributed by atoms with Crippen LogP contribution in [-0.2, 0) is 16.2 Å². The highest BCUT2D eigenvalue weighted by Crippen LogP contribution is 2.57. The standard InChI is InChI=1S/C74H61NO/c1-72(2,3)52-44-50(45-53(47-52)73(4,5)6)55-33-21-24-48-25-22-34-59(70(48)55)56-29-13-18-39-66(56)75(65-38-17-12-28-54(65)49-42-43-69-62(46-49)58-31-15-20-41-68(58)76-69)67-40-19-14-30-57(67)60-35-23-37-64-71(60)61-32-11-16-36-63(61)74(64,7)51-26-9-8-10-27-51/h8-47H,1-7H3. The van der Waals surface area contributed by atoms with E-state index >= 15 is 0 Å². The lowest BCUT2D eigenvalue weighted by Crippen LogP contribution is -2.22. The number of fused-ring (bicyclic) bond motifs is 7. The van der Waals surface area contributed by atoms with E-state index in [9.17, 15) is 0 Å². The Kier molecular flexibility index (Phi) is 11.1. The monoisotopic (exact) mass is 979 g/mol. The van der Waals surface area contributed by atoms with Crippen molar-refractivity contribution < 1.29 is 4.42 Å². The van der Waals surface area contributed by atoms with E-state index in [4.69, 9.17) is 4.42 Å². The van der Waals surface area contributed by atoms with Crippen LogP contribution in [0.5, 0.6) is 0 Å². The van der Waals surface area contributed by atoms with Crippen molar-refractivity contribution in [3.8, 4) is 55.6 Å². The first kappa shape index (κ1) is 47.0. The van der Waals surface area contributed by atoms with Gasteiger partial charge in [-0.15, -0.1) is 0 Å². The summed E-state index contributed by atoms with van der Waals surface area (Å²) in [6.45, 7) is 16.4.